The summed E-state index contributed by atoms with van der Waals surface area (Å²) >= 11 is 7.12. The molecule has 1 N–H and O–H groups in total. The summed E-state index contributed by atoms with van der Waals surface area (Å²) in [6.07, 6.45) is 1.56. The van der Waals surface area contributed by atoms with E-state index in [-0.39, 0.29) is 11.1 Å². The van der Waals surface area contributed by atoms with Crippen molar-refractivity contribution < 1.29 is 9.21 Å². The second-order valence-electron chi connectivity index (χ2n) is 5.33. The van der Waals surface area contributed by atoms with E-state index in [1.165, 1.54) is 11.8 Å². The molecule has 3 aromatic rings. The molecule has 3 rings (SSSR count). The van der Waals surface area contributed by atoms with Gasteiger partial charge in [0, 0.05) is 11.8 Å². The number of carbonyl (C=O) groups excluding carboxylic acids is 1. The van der Waals surface area contributed by atoms with E-state index in [1.54, 1.807) is 25.3 Å². The SMILES string of the molecule is Cc1cccc(-c2nnc(S[C@H](C)C(=O)Nc3cccnc3Cl)o2)c1. The lowest BCUT2D eigenvalue weighted by atomic mass is 10.1. The summed E-state index contributed by atoms with van der Waals surface area (Å²) in [6.45, 7) is 3.74. The molecule has 0 aliphatic rings. The summed E-state index contributed by atoms with van der Waals surface area (Å²) in [4.78, 5) is 16.2. The Kier molecular flexibility index (Phi) is 5.35. The quantitative estimate of drug-likeness (QED) is 0.532. The number of pyridine rings is 1. The third-order valence-corrected chi connectivity index (χ3v) is 4.57. The second-order valence-corrected chi connectivity index (χ2v) is 6.98. The molecule has 0 fully saturated rings. The lowest BCUT2D eigenvalue weighted by molar-refractivity contribution is -0.115. The number of anilines is 1. The molecule has 2 heterocycles. The molecule has 1 atom stereocenters. The van der Waals surface area contributed by atoms with Gasteiger partial charge in [-0.25, -0.2) is 4.98 Å². The molecule has 1 amide bonds. The standard InChI is InChI=1S/C17H15ClN4O2S/c1-10-5-3-6-12(9-10)16-21-22-17(24-16)25-11(2)15(23)20-13-7-4-8-19-14(13)18/h3-9,11H,1-2H3,(H,20,23)/t11-/m1/s1. The van der Waals surface area contributed by atoms with Gasteiger partial charge in [0.15, 0.2) is 5.15 Å². The van der Waals surface area contributed by atoms with Crippen molar-refractivity contribution in [3.05, 3.63) is 53.3 Å². The number of aryl methyl sites for hydroxylation is 1. The van der Waals surface area contributed by atoms with Crippen LogP contribution in [0.25, 0.3) is 11.5 Å². The number of nitrogens with zero attached hydrogens (tertiary/aromatic N) is 3. The second kappa shape index (κ2) is 7.67. The van der Waals surface area contributed by atoms with Gasteiger partial charge in [-0.05, 0) is 38.1 Å². The third kappa shape index (κ3) is 4.37. The van der Waals surface area contributed by atoms with E-state index in [4.69, 9.17) is 16.0 Å². The molecule has 0 radical (unpaired) electrons. The first-order valence-corrected chi connectivity index (χ1v) is 8.77. The van der Waals surface area contributed by atoms with E-state index in [9.17, 15) is 4.79 Å². The molecule has 1 aromatic carbocycles. The number of thioether (sulfide) groups is 1. The molecule has 0 spiro atoms. The molecule has 0 aliphatic carbocycles. The maximum absolute atomic E-state index is 12.3. The van der Waals surface area contributed by atoms with Crippen LogP contribution in [-0.2, 0) is 4.79 Å². The van der Waals surface area contributed by atoms with Gasteiger partial charge in [0.1, 0.15) is 0 Å². The van der Waals surface area contributed by atoms with Crippen molar-refractivity contribution in [2.24, 2.45) is 0 Å². The van der Waals surface area contributed by atoms with Crippen LogP contribution < -0.4 is 5.32 Å². The van der Waals surface area contributed by atoms with Crippen molar-refractivity contribution in [3.8, 4) is 11.5 Å². The van der Waals surface area contributed by atoms with E-state index in [0.29, 0.717) is 16.8 Å². The maximum Gasteiger partial charge on any atom is 0.277 e. The lowest BCUT2D eigenvalue weighted by Gasteiger charge is -2.10. The average molecular weight is 375 g/mol. The summed E-state index contributed by atoms with van der Waals surface area (Å²) in [5.41, 5.74) is 2.41. The third-order valence-electron chi connectivity index (χ3n) is 3.34. The van der Waals surface area contributed by atoms with Crippen LogP contribution in [0.2, 0.25) is 5.15 Å². The smallest absolute Gasteiger partial charge is 0.277 e. The number of amides is 1. The molecular formula is C17H15ClN4O2S. The molecule has 0 saturated carbocycles. The summed E-state index contributed by atoms with van der Waals surface area (Å²) in [5, 5.41) is 10.9. The van der Waals surface area contributed by atoms with Gasteiger partial charge in [0.25, 0.3) is 5.22 Å². The largest absolute Gasteiger partial charge is 0.411 e. The summed E-state index contributed by atoms with van der Waals surface area (Å²) < 4.78 is 5.64. The van der Waals surface area contributed by atoms with Crippen molar-refractivity contribution >= 4 is 35.0 Å². The van der Waals surface area contributed by atoms with Crippen molar-refractivity contribution in [3.63, 3.8) is 0 Å². The van der Waals surface area contributed by atoms with Crippen LogP contribution in [0.4, 0.5) is 5.69 Å². The number of aromatic nitrogens is 3. The van der Waals surface area contributed by atoms with Gasteiger partial charge in [0.05, 0.1) is 10.9 Å². The van der Waals surface area contributed by atoms with Crippen LogP contribution in [0, 0.1) is 6.92 Å². The van der Waals surface area contributed by atoms with Crippen molar-refractivity contribution in [1.82, 2.24) is 15.2 Å². The fourth-order valence-electron chi connectivity index (χ4n) is 2.07. The van der Waals surface area contributed by atoms with Gasteiger partial charge in [0.2, 0.25) is 11.8 Å². The topological polar surface area (TPSA) is 80.9 Å². The van der Waals surface area contributed by atoms with Crippen LogP contribution in [0.1, 0.15) is 12.5 Å². The van der Waals surface area contributed by atoms with E-state index >= 15 is 0 Å². The Labute approximate surface area is 154 Å². The molecule has 128 valence electrons. The molecule has 0 bridgehead atoms. The van der Waals surface area contributed by atoms with Gasteiger partial charge < -0.3 is 9.73 Å². The minimum atomic E-state index is -0.443. The van der Waals surface area contributed by atoms with Crippen LogP contribution in [0.15, 0.2) is 52.2 Å². The zero-order valence-corrected chi connectivity index (χ0v) is 15.1. The molecular weight excluding hydrogens is 360 g/mol. The summed E-state index contributed by atoms with van der Waals surface area (Å²) in [7, 11) is 0. The zero-order chi connectivity index (χ0) is 17.8. The van der Waals surface area contributed by atoms with Gasteiger partial charge >= 0.3 is 0 Å². The highest BCUT2D eigenvalue weighted by atomic mass is 35.5. The van der Waals surface area contributed by atoms with Crippen LogP contribution >= 0.6 is 23.4 Å². The molecule has 2 aromatic heterocycles. The first kappa shape index (κ1) is 17.4. The fourth-order valence-corrected chi connectivity index (χ4v) is 2.92. The monoisotopic (exact) mass is 374 g/mol. The van der Waals surface area contributed by atoms with E-state index < -0.39 is 5.25 Å². The molecule has 0 saturated heterocycles. The first-order valence-electron chi connectivity index (χ1n) is 7.51. The fraction of sp³-hybridized carbons (Fsp3) is 0.176. The van der Waals surface area contributed by atoms with Crippen molar-refractivity contribution in [2.45, 2.75) is 24.3 Å². The van der Waals surface area contributed by atoms with Crippen molar-refractivity contribution in [1.29, 1.82) is 0 Å². The Morgan fingerprint density at radius 2 is 2.12 bits per heavy atom. The van der Waals surface area contributed by atoms with Gasteiger partial charge in [-0.2, -0.15) is 0 Å². The van der Waals surface area contributed by atoms with Gasteiger partial charge in [-0.15, -0.1) is 10.2 Å². The van der Waals surface area contributed by atoms with Crippen molar-refractivity contribution in [2.75, 3.05) is 5.32 Å². The number of hydrogen-bond donors (Lipinski definition) is 1. The maximum atomic E-state index is 12.3. The molecule has 6 nitrogen and oxygen atoms in total. The summed E-state index contributed by atoms with van der Waals surface area (Å²) in [5.74, 6) is 0.198. The highest BCUT2D eigenvalue weighted by Crippen LogP contribution is 2.27. The normalized spacial score (nSPS) is 12.0. The summed E-state index contributed by atoms with van der Waals surface area (Å²) in [6, 6.07) is 11.2. The predicted octanol–water partition coefficient (Wildman–Crippen LogP) is 4.21. The Bertz CT molecular complexity index is 900. The number of benzene rings is 1. The Balaban J connectivity index is 1.66. The lowest BCUT2D eigenvalue weighted by Crippen LogP contribution is -2.22. The Morgan fingerprint density at radius 3 is 2.88 bits per heavy atom. The van der Waals surface area contributed by atoms with Gasteiger partial charge in [-0.3, -0.25) is 4.79 Å². The zero-order valence-electron chi connectivity index (χ0n) is 13.6. The minimum absolute atomic E-state index is 0.227. The molecule has 25 heavy (non-hydrogen) atoms. The predicted molar refractivity (Wildman–Crippen MR) is 97.7 cm³/mol. The van der Waals surface area contributed by atoms with E-state index in [1.807, 2.05) is 31.2 Å². The first-order chi connectivity index (χ1) is 12.0. The number of carbonyl (C=O) groups is 1. The Hall–Kier alpha value is -2.38. The number of rotatable bonds is 5. The molecule has 8 heteroatoms. The average Bonchev–Trinajstić information content (AvgIpc) is 3.05. The molecule has 0 aliphatic heterocycles. The number of hydrogen-bond acceptors (Lipinski definition) is 6. The highest BCUT2D eigenvalue weighted by Gasteiger charge is 2.19. The van der Waals surface area contributed by atoms with Crippen LogP contribution in [0.3, 0.4) is 0 Å². The highest BCUT2D eigenvalue weighted by molar-refractivity contribution is 8.00. The number of halogens is 1. The van der Waals surface area contributed by atoms with E-state index in [2.05, 4.69) is 20.5 Å². The van der Waals surface area contributed by atoms with E-state index in [0.717, 1.165) is 11.1 Å². The Morgan fingerprint density at radius 1 is 1.28 bits per heavy atom. The van der Waals surface area contributed by atoms with Gasteiger partial charge in [-0.1, -0.05) is 41.1 Å². The van der Waals surface area contributed by atoms with Crippen LogP contribution in [-0.4, -0.2) is 26.3 Å². The van der Waals surface area contributed by atoms with Crippen LogP contribution in [0.5, 0.6) is 0 Å². The number of nitrogens with one attached hydrogen (secondary N) is 1. The minimum Gasteiger partial charge on any atom is -0.411 e. The molecule has 0 unspecified atom stereocenters.